The molecule has 1 aliphatic heterocycles. The highest BCUT2D eigenvalue weighted by Gasteiger charge is 2.18. The van der Waals surface area contributed by atoms with E-state index in [9.17, 15) is 0 Å². The molecule has 18 heavy (non-hydrogen) atoms. The molecule has 0 radical (unpaired) electrons. The molecule has 1 unspecified atom stereocenters. The minimum absolute atomic E-state index is 0.360. The minimum Gasteiger partial charge on any atom is -0.358 e. The first-order valence-corrected chi connectivity index (χ1v) is 7.00. The molecular weight excluding hydrogens is 244 g/mol. The van der Waals surface area contributed by atoms with Gasteiger partial charge in [-0.25, -0.2) is 0 Å². The smallest absolute Gasteiger partial charge is 0.205 e. The maximum absolute atomic E-state index is 4.09. The van der Waals surface area contributed by atoms with Crippen LogP contribution in [0.2, 0.25) is 0 Å². The van der Waals surface area contributed by atoms with Gasteiger partial charge in [0.05, 0.1) is 0 Å². The molecule has 3 rings (SSSR count). The number of benzene rings is 1. The summed E-state index contributed by atoms with van der Waals surface area (Å²) in [5, 5.41) is 16.9. The van der Waals surface area contributed by atoms with Gasteiger partial charge in [-0.05, 0) is 31.0 Å². The highest BCUT2D eigenvalue weighted by molar-refractivity contribution is 7.15. The number of aromatic nitrogens is 2. The Hall–Kier alpha value is -1.46. The number of anilines is 1. The number of aryl methyl sites for hydroxylation is 1. The molecule has 1 aromatic carbocycles. The van der Waals surface area contributed by atoms with Crippen molar-refractivity contribution in [1.82, 2.24) is 15.5 Å². The van der Waals surface area contributed by atoms with Crippen LogP contribution in [0.5, 0.6) is 0 Å². The Morgan fingerprint density at radius 3 is 3.11 bits per heavy atom. The van der Waals surface area contributed by atoms with Gasteiger partial charge in [0, 0.05) is 12.6 Å². The van der Waals surface area contributed by atoms with Gasteiger partial charge < -0.3 is 10.6 Å². The van der Waals surface area contributed by atoms with Crippen molar-refractivity contribution in [2.24, 2.45) is 0 Å². The fourth-order valence-corrected chi connectivity index (χ4v) is 2.93. The van der Waals surface area contributed by atoms with Crippen LogP contribution in [0.25, 0.3) is 0 Å². The van der Waals surface area contributed by atoms with Gasteiger partial charge in [0.2, 0.25) is 5.13 Å². The van der Waals surface area contributed by atoms with E-state index in [0.29, 0.717) is 6.04 Å². The lowest BCUT2D eigenvalue weighted by Crippen LogP contribution is -2.34. The molecule has 1 aliphatic rings. The third-order valence-electron chi connectivity index (χ3n) is 3.20. The van der Waals surface area contributed by atoms with Crippen LogP contribution in [0.15, 0.2) is 24.3 Å². The lowest BCUT2D eigenvalue weighted by Gasteiger charge is -2.26. The number of nitrogens with one attached hydrogen (secondary N) is 2. The summed E-state index contributed by atoms with van der Waals surface area (Å²) in [5.74, 6) is 0. The van der Waals surface area contributed by atoms with Gasteiger partial charge in [-0.2, -0.15) is 0 Å². The van der Waals surface area contributed by atoms with Gasteiger partial charge >= 0.3 is 0 Å². The topological polar surface area (TPSA) is 49.8 Å². The summed E-state index contributed by atoms with van der Waals surface area (Å²) in [7, 11) is 0. The number of hydrogen-bond acceptors (Lipinski definition) is 5. The van der Waals surface area contributed by atoms with Gasteiger partial charge in [0.1, 0.15) is 5.01 Å². The molecule has 2 heterocycles. The molecule has 4 nitrogen and oxygen atoms in total. The lowest BCUT2D eigenvalue weighted by molar-refractivity contribution is 0.523. The second-order valence-corrected chi connectivity index (χ2v) is 5.64. The van der Waals surface area contributed by atoms with Crippen LogP contribution in [-0.4, -0.2) is 23.3 Å². The van der Waals surface area contributed by atoms with Crippen molar-refractivity contribution >= 4 is 16.5 Å². The van der Waals surface area contributed by atoms with Crippen LogP contribution < -0.4 is 10.6 Å². The molecule has 0 bridgehead atoms. The molecule has 0 amide bonds. The van der Waals surface area contributed by atoms with Crippen molar-refractivity contribution in [3.05, 3.63) is 40.4 Å². The second kappa shape index (κ2) is 5.04. The van der Waals surface area contributed by atoms with Crippen molar-refractivity contribution in [1.29, 1.82) is 0 Å². The first kappa shape index (κ1) is 11.6. The summed E-state index contributed by atoms with van der Waals surface area (Å²) in [6.07, 6.45) is 1.12. The number of hydrogen-bond donors (Lipinski definition) is 2. The number of rotatable bonds is 3. The standard InChI is InChI=1S/C13H16N4S/c1-9-16-17-13(18-9)15-8-12-11-5-3-2-4-10(11)6-7-14-12/h2-5,12,14H,6-8H2,1H3,(H,15,17). The second-order valence-electron chi connectivity index (χ2n) is 4.46. The SMILES string of the molecule is Cc1nnc(NCC2NCCc3ccccc32)s1. The Morgan fingerprint density at radius 2 is 2.28 bits per heavy atom. The Labute approximate surface area is 110 Å². The van der Waals surface area contributed by atoms with E-state index in [0.717, 1.165) is 29.6 Å². The van der Waals surface area contributed by atoms with Gasteiger partial charge in [-0.1, -0.05) is 35.6 Å². The Bertz CT molecular complexity index is 537. The van der Waals surface area contributed by atoms with Gasteiger partial charge in [-0.15, -0.1) is 10.2 Å². The summed E-state index contributed by atoms with van der Waals surface area (Å²) in [5.41, 5.74) is 2.86. The molecule has 94 valence electrons. The average Bonchev–Trinajstić information content (AvgIpc) is 2.82. The van der Waals surface area contributed by atoms with E-state index in [1.54, 1.807) is 11.3 Å². The van der Waals surface area contributed by atoms with E-state index < -0.39 is 0 Å². The van der Waals surface area contributed by atoms with Crippen LogP contribution in [-0.2, 0) is 6.42 Å². The van der Waals surface area contributed by atoms with Crippen LogP contribution in [0.3, 0.4) is 0 Å². The molecular formula is C13H16N4S. The molecule has 5 heteroatoms. The highest BCUT2D eigenvalue weighted by Crippen LogP contribution is 2.23. The minimum atomic E-state index is 0.360. The fourth-order valence-electron chi connectivity index (χ4n) is 2.33. The molecule has 0 aliphatic carbocycles. The van der Waals surface area contributed by atoms with E-state index in [1.165, 1.54) is 11.1 Å². The van der Waals surface area contributed by atoms with E-state index in [4.69, 9.17) is 0 Å². The maximum atomic E-state index is 4.09. The van der Waals surface area contributed by atoms with E-state index in [2.05, 4.69) is 45.1 Å². The first-order valence-electron chi connectivity index (χ1n) is 6.18. The third-order valence-corrected chi connectivity index (χ3v) is 4.00. The fraction of sp³-hybridized carbons (Fsp3) is 0.385. The van der Waals surface area contributed by atoms with Crippen molar-refractivity contribution in [3.63, 3.8) is 0 Å². The van der Waals surface area contributed by atoms with Gasteiger partial charge in [0.25, 0.3) is 0 Å². The Balaban J connectivity index is 1.71. The quantitative estimate of drug-likeness (QED) is 0.888. The molecule has 2 aromatic rings. The van der Waals surface area contributed by atoms with E-state index in [-0.39, 0.29) is 0 Å². The average molecular weight is 260 g/mol. The van der Waals surface area contributed by atoms with Gasteiger partial charge in [-0.3, -0.25) is 0 Å². The van der Waals surface area contributed by atoms with E-state index in [1.807, 2.05) is 6.92 Å². The zero-order chi connectivity index (χ0) is 12.4. The van der Waals surface area contributed by atoms with Crippen molar-refractivity contribution < 1.29 is 0 Å². The Morgan fingerprint density at radius 1 is 1.39 bits per heavy atom. The van der Waals surface area contributed by atoms with Crippen molar-refractivity contribution in [2.75, 3.05) is 18.4 Å². The number of fused-ring (bicyclic) bond motifs is 1. The predicted molar refractivity (Wildman–Crippen MR) is 74.0 cm³/mol. The number of nitrogens with zero attached hydrogens (tertiary/aromatic N) is 2. The monoisotopic (exact) mass is 260 g/mol. The lowest BCUT2D eigenvalue weighted by atomic mass is 9.94. The van der Waals surface area contributed by atoms with Crippen LogP contribution in [0.4, 0.5) is 5.13 Å². The summed E-state index contributed by atoms with van der Waals surface area (Å²) < 4.78 is 0. The molecule has 0 saturated heterocycles. The first-order chi connectivity index (χ1) is 8.83. The third kappa shape index (κ3) is 2.37. The molecule has 2 N–H and O–H groups in total. The van der Waals surface area contributed by atoms with Crippen LogP contribution in [0.1, 0.15) is 22.2 Å². The molecule has 0 spiro atoms. The van der Waals surface area contributed by atoms with Gasteiger partial charge in [0.15, 0.2) is 0 Å². The largest absolute Gasteiger partial charge is 0.358 e. The van der Waals surface area contributed by atoms with Crippen LogP contribution in [0, 0.1) is 6.92 Å². The molecule has 1 atom stereocenters. The maximum Gasteiger partial charge on any atom is 0.205 e. The molecule has 1 aromatic heterocycles. The summed E-state index contributed by atoms with van der Waals surface area (Å²) >= 11 is 1.60. The summed E-state index contributed by atoms with van der Waals surface area (Å²) in [4.78, 5) is 0. The highest BCUT2D eigenvalue weighted by atomic mass is 32.1. The van der Waals surface area contributed by atoms with Crippen LogP contribution >= 0.6 is 11.3 Å². The Kier molecular flexibility index (Phi) is 3.25. The zero-order valence-corrected chi connectivity index (χ0v) is 11.1. The molecule has 0 fully saturated rings. The predicted octanol–water partition coefficient (Wildman–Crippen LogP) is 2.15. The van der Waals surface area contributed by atoms with Crippen molar-refractivity contribution in [3.8, 4) is 0 Å². The normalized spacial score (nSPS) is 18.4. The summed E-state index contributed by atoms with van der Waals surface area (Å²) in [6, 6.07) is 9.01. The van der Waals surface area contributed by atoms with Crippen molar-refractivity contribution in [2.45, 2.75) is 19.4 Å². The summed E-state index contributed by atoms with van der Waals surface area (Å²) in [6.45, 7) is 3.86. The molecule has 0 saturated carbocycles. The van der Waals surface area contributed by atoms with E-state index >= 15 is 0 Å². The zero-order valence-electron chi connectivity index (χ0n) is 10.3.